The second-order valence-electron chi connectivity index (χ2n) is 12.3. The van der Waals surface area contributed by atoms with Crippen LogP contribution in [0, 0.1) is 12.3 Å². The van der Waals surface area contributed by atoms with E-state index in [9.17, 15) is 0 Å². The van der Waals surface area contributed by atoms with Crippen molar-refractivity contribution in [2.75, 3.05) is 16.9 Å². The largest absolute Gasteiger partial charge is 0.497 e. The minimum absolute atomic E-state index is 0.488. The van der Waals surface area contributed by atoms with Gasteiger partial charge in [0.05, 0.1) is 13.4 Å². The molecule has 9 nitrogen and oxygen atoms in total. The molecule has 0 saturated carbocycles. The zero-order chi connectivity index (χ0) is 32.9. The number of nitrogens with one attached hydrogen (secondary N) is 1. The lowest BCUT2D eigenvalue weighted by molar-refractivity contribution is -0.223. The van der Waals surface area contributed by atoms with Crippen molar-refractivity contribution in [3.05, 3.63) is 114 Å². The van der Waals surface area contributed by atoms with Gasteiger partial charge in [-0.15, -0.1) is 6.42 Å². The van der Waals surface area contributed by atoms with E-state index in [1.54, 1.807) is 13.4 Å². The molecule has 2 aliphatic heterocycles. The number of methoxy groups -OCH3 is 1. The molecule has 3 aromatic carbocycles. The van der Waals surface area contributed by atoms with E-state index in [0.717, 1.165) is 22.4 Å². The molecular weight excluding hydrogens is 705 g/mol. The topological polar surface area (TPSA) is 92.6 Å². The SMILES string of the molecule is C#C[C@@]12OC(C)(C)O[C@@H]1[C@](CC)(CI)O[C@H]2n1cnc2c(NC(c3ccccc3)(c3ccccc3)c3ccc(OC)cc3)ncnc21. The maximum Gasteiger partial charge on any atom is 0.205 e. The van der Waals surface area contributed by atoms with Gasteiger partial charge in [-0.2, -0.15) is 0 Å². The van der Waals surface area contributed by atoms with E-state index >= 15 is 0 Å². The van der Waals surface area contributed by atoms with Crippen LogP contribution in [0.2, 0.25) is 0 Å². The monoisotopic (exact) mass is 741 g/mol. The molecule has 7 rings (SSSR count). The van der Waals surface area contributed by atoms with Crippen LogP contribution in [-0.2, 0) is 19.7 Å². The summed E-state index contributed by atoms with van der Waals surface area (Å²) < 4.78 is 27.9. The standard InChI is InChI=1S/C37H36IN5O4/c1-6-35(22-38)32-36(7-2,47-34(3,4)45-32)33(46-35)43-24-41-29-30(39-23-40-31(29)43)42-37(25-14-10-8-11-15-25,26-16-12-9-13-17-26)27-18-20-28(44-5)21-19-27/h2,8-21,23-24,32-33H,6,22H2,1,3-5H3,(H,39,40,42)/t32-,33-,35+,36-/m1/s1. The molecule has 0 aliphatic carbocycles. The third-order valence-corrected chi connectivity index (χ3v) is 10.6. The van der Waals surface area contributed by atoms with Crippen molar-refractivity contribution in [2.24, 2.45) is 0 Å². The van der Waals surface area contributed by atoms with Gasteiger partial charge in [-0.3, -0.25) is 4.57 Å². The molecular formula is C37H36IN5O4. The van der Waals surface area contributed by atoms with Crippen molar-refractivity contribution in [1.82, 2.24) is 19.5 Å². The minimum Gasteiger partial charge on any atom is -0.497 e. The first-order valence-corrected chi connectivity index (χ1v) is 17.1. The number of benzene rings is 3. The lowest BCUT2D eigenvalue weighted by atomic mass is 9.77. The Bertz CT molecular complexity index is 1880. The van der Waals surface area contributed by atoms with Gasteiger partial charge in [-0.25, -0.2) is 15.0 Å². The molecule has 47 heavy (non-hydrogen) atoms. The number of hydrogen-bond acceptors (Lipinski definition) is 8. The fraction of sp³-hybridized carbons (Fsp3) is 0.324. The van der Waals surface area contributed by atoms with E-state index < -0.39 is 34.9 Å². The molecule has 2 saturated heterocycles. The highest BCUT2D eigenvalue weighted by molar-refractivity contribution is 14.1. The van der Waals surface area contributed by atoms with Crippen molar-refractivity contribution < 1.29 is 18.9 Å². The number of terminal acetylenes is 1. The van der Waals surface area contributed by atoms with Gasteiger partial charge in [0.25, 0.3) is 0 Å². The van der Waals surface area contributed by atoms with Crippen LogP contribution < -0.4 is 10.1 Å². The number of alkyl halides is 1. The summed E-state index contributed by atoms with van der Waals surface area (Å²) in [6.07, 6.45) is 9.01. The van der Waals surface area contributed by atoms with E-state index in [2.05, 4.69) is 77.2 Å². The fourth-order valence-electron chi connectivity index (χ4n) is 7.04. The van der Waals surface area contributed by atoms with E-state index in [1.807, 2.05) is 66.9 Å². The zero-order valence-electron chi connectivity index (χ0n) is 26.7. The Labute approximate surface area is 288 Å². The van der Waals surface area contributed by atoms with Crippen LogP contribution >= 0.6 is 22.6 Å². The van der Waals surface area contributed by atoms with E-state index in [-0.39, 0.29) is 0 Å². The molecule has 5 aromatic rings. The average Bonchev–Trinajstić information content (AvgIpc) is 3.75. The second kappa shape index (κ2) is 11.9. The number of nitrogens with zero attached hydrogens (tertiary/aromatic N) is 4. The summed E-state index contributed by atoms with van der Waals surface area (Å²) >= 11 is 2.34. The highest BCUT2D eigenvalue weighted by Crippen LogP contribution is 2.57. The summed E-state index contributed by atoms with van der Waals surface area (Å²) in [5, 5.41) is 3.84. The summed E-state index contributed by atoms with van der Waals surface area (Å²) in [6, 6.07) is 28.7. The minimum atomic E-state index is -1.20. The molecule has 10 heteroatoms. The van der Waals surface area contributed by atoms with Crippen molar-refractivity contribution in [1.29, 1.82) is 0 Å². The Hall–Kier alpha value is -4.02. The van der Waals surface area contributed by atoms with Crippen molar-refractivity contribution in [3.63, 3.8) is 0 Å². The van der Waals surface area contributed by atoms with Gasteiger partial charge in [0.15, 0.2) is 29.0 Å². The number of fused-ring (bicyclic) bond motifs is 2. The smallest absolute Gasteiger partial charge is 0.205 e. The summed E-state index contributed by atoms with van der Waals surface area (Å²) in [4.78, 5) is 14.4. The number of ether oxygens (including phenoxy) is 4. The number of rotatable bonds is 9. The van der Waals surface area contributed by atoms with Crippen molar-refractivity contribution >= 4 is 39.6 Å². The normalized spacial score (nSPS) is 24.9. The third-order valence-electron chi connectivity index (χ3n) is 9.30. The van der Waals surface area contributed by atoms with Crippen molar-refractivity contribution in [3.8, 4) is 18.1 Å². The number of imidazole rings is 1. The molecule has 4 atom stereocenters. The van der Waals surface area contributed by atoms with Crippen LogP contribution in [0.1, 0.15) is 50.1 Å². The first kappa shape index (κ1) is 31.6. The van der Waals surface area contributed by atoms with Gasteiger partial charge in [0.2, 0.25) is 5.60 Å². The zero-order valence-corrected chi connectivity index (χ0v) is 28.8. The first-order valence-electron chi connectivity index (χ1n) is 15.6. The van der Waals surface area contributed by atoms with E-state index in [0.29, 0.717) is 27.8 Å². The summed E-state index contributed by atoms with van der Waals surface area (Å²) in [5.41, 5.74) is 1.42. The van der Waals surface area contributed by atoms with Crippen LogP contribution in [-0.4, -0.2) is 54.1 Å². The first-order chi connectivity index (χ1) is 22.8. The molecule has 0 amide bonds. The van der Waals surface area contributed by atoms with E-state index in [1.165, 1.54) is 6.33 Å². The highest BCUT2D eigenvalue weighted by atomic mass is 127. The molecule has 0 unspecified atom stereocenters. The predicted molar refractivity (Wildman–Crippen MR) is 188 cm³/mol. The molecule has 2 aromatic heterocycles. The third kappa shape index (κ3) is 4.90. The summed E-state index contributed by atoms with van der Waals surface area (Å²) in [7, 11) is 1.66. The highest BCUT2D eigenvalue weighted by Gasteiger charge is 2.71. The van der Waals surface area contributed by atoms with Crippen LogP contribution in [0.15, 0.2) is 97.6 Å². The van der Waals surface area contributed by atoms with Gasteiger partial charge in [0.1, 0.15) is 29.3 Å². The molecule has 0 bridgehead atoms. The van der Waals surface area contributed by atoms with Gasteiger partial charge in [0, 0.05) is 4.43 Å². The van der Waals surface area contributed by atoms with Gasteiger partial charge < -0.3 is 24.3 Å². The lowest BCUT2D eigenvalue weighted by Crippen LogP contribution is -2.49. The molecule has 0 radical (unpaired) electrons. The molecule has 4 heterocycles. The van der Waals surface area contributed by atoms with Crippen LogP contribution in [0.3, 0.4) is 0 Å². The summed E-state index contributed by atoms with van der Waals surface area (Å²) in [5.74, 6) is 3.37. The molecule has 240 valence electrons. The molecule has 2 fully saturated rings. The number of anilines is 1. The molecule has 0 spiro atoms. The Morgan fingerprint density at radius 3 is 2.15 bits per heavy atom. The quantitative estimate of drug-likeness (QED) is 0.0758. The van der Waals surface area contributed by atoms with Gasteiger partial charge >= 0.3 is 0 Å². The van der Waals surface area contributed by atoms with Crippen molar-refractivity contribution in [2.45, 2.75) is 62.1 Å². The number of halogens is 1. The predicted octanol–water partition coefficient (Wildman–Crippen LogP) is 6.88. The molecule has 1 N–H and O–H groups in total. The maximum atomic E-state index is 6.86. The lowest BCUT2D eigenvalue weighted by Gasteiger charge is -2.37. The number of hydrogen-bond donors (Lipinski definition) is 1. The number of aromatic nitrogens is 4. The van der Waals surface area contributed by atoms with Gasteiger partial charge in [-0.05, 0) is 49.1 Å². The average molecular weight is 742 g/mol. The van der Waals surface area contributed by atoms with Gasteiger partial charge in [-0.1, -0.05) is 108 Å². The summed E-state index contributed by atoms with van der Waals surface area (Å²) in [6.45, 7) is 5.85. The fourth-order valence-corrected chi connectivity index (χ4v) is 8.16. The Morgan fingerprint density at radius 2 is 1.57 bits per heavy atom. The van der Waals surface area contributed by atoms with E-state index in [4.69, 9.17) is 40.3 Å². The Kier molecular flexibility index (Phi) is 7.99. The molecule has 2 aliphatic rings. The van der Waals surface area contributed by atoms with Crippen LogP contribution in [0.5, 0.6) is 5.75 Å². The van der Waals surface area contributed by atoms with Crippen LogP contribution in [0.25, 0.3) is 11.2 Å². The second-order valence-corrected chi connectivity index (χ2v) is 13.1. The Balaban J connectivity index is 1.41. The maximum absolute atomic E-state index is 6.86. The van der Waals surface area contributed by atoms with Crippen LogP contribution in [0.4, 0.5) is 5.82 Å². The Morgan fingerprint density at radius 1 is 0.936 bits per heavy atom.